The molecule has 146 valence electrons. The Morgan fingerprint density at radius 3 is 2.89 bits per heavy atom. The van der Waals surface area contributed by atoms with Crippen LogP contribution in [-0.4, -0.2) is 53.4 Å². The second-order valence-electron chi connectivity index (χ2n) is 6.98. The second-order valence-corrected chi connectivity index (χ2v) is 6.98. The number of aryl methyl sites for hydroxylation is 1. The maximum Gasteiger partial charge on any atom is 0.227 e. The van der Waals surface area contributed by atoms with Gasteiger partial charge in [-0.1, -0.05) is 18.2 Å². The number of halogens is 2. The van der Waals surface area contributed by atoms with Gasteiger partial charge in [0.05, 0.1) is 25.3 Å². The van der Waals surface area contributed by atoms with E-state index < -0.39 is 6.10 Å². The van der Waals surface area contributed by atoms with Crippen LogP contribution >= 0.6 is 12.4 Å². The second kappa shape index (κ2) is 8.37. The molecule has 27 heavy (non-hydrogen) atoms. The van der Waals surface area contributed by atoms with Crippen molar-refractivity contribution in [1.82, 2.24) is 20.0 Å². The lowest BCUT2D eigenvalue weighted by Gasteiger charge is -2.35. The third kappa shape index (κ3) is 4.00. The number of amides is 1. The van der Waals surface area contributed by atoms with Crippen molar-refractivity contribution in [3.63, 3.8) is 0 Å². The summed E-state index contributed by atoms with van der Waals surface area (Å²) < 4.78 is 21.6. The molecule has 0 saturated carbocycles. The Kier molecular flexibility index (Phi) is 6.14. The lowest BCUT2D eigenvalue weighted by Crippen LogP contribution is -2.46. The Labute approximate surface area is 164 Å². The summed E-state index contributed by atoms with van der Waals surface area (Å²) in [4.78, 5) is 15.0. The Morgan fingerprint density at radius 2 is 2.15 bits per heavy atom. The van der Waals surface area contributed by atoms with Crippen LogP contribution in [0.3, 0.4) is 0 Å². The highest BCUT2D eigenvalue weighted by Crippen LogP contribution is 2.31. The smallest absolute Gasteiger partial charge is 0.227 e. The van der Waals surface area contributed by atoms with Crippen LogP contribution in [0.15, 0.2) is 36.7 Å². The van der Waals surface area contributed by atoms with Crippen LogP contribution in [0.25, 0.3) is 0 Å². The average Bonchev–Trinajstić information content (AvgIpc) is 3.30. The van der Waals surface area contributed by atoms with E-state index in [4.69, 9.17) is 4.74 Å². The Morgan fingerprint density at radius 1 is 1.33 bits per heavy atom. The Bertz CT molecular complexity index is 800. The fraction of sp³-hybridized carbons (Fsp3) is 0.474. The normalized spacial score (nSPS) is 25.3. The van der Waals surface area contributed by atoms with Crippen molar-refractivity contribution in [3.05, 3.63) is 53.6 Å². The van der Waals surface area contributed by atoms with Crippen molar-refractivity contribution in [3.8, 4) is 0 Å². The summed E-state index contributed by atoms with van der Waals surface area (Å²) in [6, 6.07) is 6.61. The summed E-state index contributed by atoms with van der Waals surface area (Å²) in [6.45, 7) is 2.77. The molecule has 2 fully saturated rings. The van der Waals surface area contributed by atoms with Crippen LogP contribution in [0.5, 0.6) is 0 Å². The molecule has 2 aromatic rings. The first kappa shape index (κ1) is 19.8. The van der Waals surface area contributed by atoms with Crippen molar-refractivity contribution in [2.24, 2.45) is 13.0 Å². The topological polar surface area (TPSA) is 59.4 Å². The van der Waals surface area contributed by atoms with Gasteiger partial charge in [0.1, 0.15) is 11.9 Å². The number of rotatable bonds is 3. The van der Waals surface area contributed by atoms with E-state index in [1.54, 1.807) is 22.9 Å². The van der Waals surface area contributed by atoms with Crippen molar-refractivity contribution < 1.29 is 13.9 Å². The number of morpholine rings is 1. The fourth-order valence-corrected chi connectivity index (χ4v) is 3.93. The van der Waals surface area contributed by atoms with E-state index in [2.05, 4.69) is 10.4 Å². The largest absolute Gasteiger partial charge is 0.370 e. The van der Waals surface area contributed by atoms with Gasteiger partial charge < -0.3 is 15.0 Å². The molecule has 4 rings (SSSR count). The number of benzene rings is 1. The van der Waals surface area contributed by atoms with Crippen molar-refractivity contribution >= 4 is 18.3 Å². The summed E-state index contributed by atoms with van der Waals surface area (Å²) >= 11 is 0. The first-order chi connectivity index (χ1) is 12.6. The molecule has 2 saturated heterocycles. The number of hydrogen-bond acceptors (Lipinski definition) is 4. The highest BCUT2D eigenvalue weighted by molar-refractivity contribution is 5.85. The molecular formula is C19H24ClFN4O2. The number of nitrogens with zero attached hydrogens (tertiary/aromatic N) is 3. The molecule has 1 aromatic heterocycles. The molecule has 1 N–H and O–H groups in total. The highest BCUT2D eigenvalue weighted by atomic mass is 35.5. The van der Waals surface area contributed by atoms with Gasteiger partial charge in [-0.25, -0.2) is 4.39 Å². The van der Waals surface area contributed by atoms with Crippen LogP contribution in [0.4, 0.5) is 4.39 Å². The predicted octanol–water partition coefficient (Wildman–Crippen LogP) is 1.88. The number of nitrogens with one attached hydrogen (secondary N) is 1. The van der Waals surface area contributed by atoms with Gasteiger partial charge in [0.25, 0.3) is 0 Å². The molecule has 0 aliphatic carbocycles. The zero-order valence-corrected chi connectivity index (χ0v) is 16.0. The van der Waals surface area contributed by atoms with Gasteiger partial charge >= 0.3 is 0 Å². The monoisotopic (exact) mass is 394 g/mol. The summed E-state index contributed by atoms with van der Waals surface area (Å²) in [5.74, 6) is -0.194. The van der Waals surface area contributed by atoms with E-state index in [-0.39, 0.29) is 36.0 Å². The lowest BCUT2D eigenvalue weighted by molar-refractivity contribution is -0.143. The molecule has 8 heteroatoms. The quantitative estimate of drug-likeness (QED) is 0.863. The molecule has 6 nitrogen and oxygen atoms in total. The summed E-state index contributed by atoms with van der Waals surface area (Å²) in [5.41, 5.74) is 1.59. The summed E-state index contributed by atoms with van der Waals surface area (Å²) in [7, 11) is 1.88. The molecule has 1 aromatic carbocycles. The van der Waals surface area contributed by atoms with Crippen LogP contribution < -0.4 is 5.32 Å². The van der Waals surface area contributed by atoms with Gasteiger partial charge in [-0.15, -0.1) is 12.4 Å². The van der Waals surface area contributed by atoms with E-state index in [1.165, 1.54) is 6.07 Å². The fourth-order valence-electron chi connectivity index (χ4n) is 3.93. The summed E-state index contributed by atoms with van der Waals surface area (Å²) in [6.07, 6.45) is 3.39. The van der Waals surface area contributed by atoms with Gasteiger partial charge in [-0.05, 0) is 11.6 Å². The lowest BCUT2D eigenvalue weighted by atomic mass is 9.89. The molecule has 3 heterocycles. The molecule has 0 radical (unpaired) electrons. The van der Waals surface area contributed by atoms with Crippen LogP contribution in [0.1, 0.15) is 23.1 Å². The number of carbonyl (C=O) groups is 1. The molecular weight excluding hydrogens is 371 g/mol. The predicted molar refractivity (Wildman–Crippen MR) is 101 cm³/mol. The first-order valence-corrected chi connectivity index (χ1v) is 8.97. The van der Waals surface area contributed by atoms with Gasteiger partial charge in [0.15, 0.2) is 0 Å². The molecule has 1 unspecified atom stereocenters. The first-order valence-electron chi connectivity index (χ1n) is 8.97. The van der Waals surface area contributed by atoms with Crippen molar-refractivity contribution in [2.45, 2.75) is 12.0 Å². The minimum atomic E-state index is -0.417. The SMILES string of the molecule is Cl.Cn1cc([C@H]2CNC[C@@H]2C(=O)N2CCOC(c3ccccc3F)C2)cn1. The van der Waals surface area contributed by atoms with E-state index in [9.17, 15) is 9.18 Å². The zero-order chi connectivity index (χ0) is 18.1. The van der Waals surface area contributed by atoms with Gasteiger partial charge in [-0.3, -0.25) is 9.48 Å². The molecule has 0 bridgehead atoms. The van der Waals surface area contributed by atoms with Crippen LogP contribution in [0.2, 0.25) is 0 Å². The van der Waals surface area contributed by atoms with E-state index >= 15 is 0 Å². The molecule has 2 aliphatic heterocycles. The molecule has 0 spiro atoms. The highest BCUT2D eigenvalue weighted by Gasteiger charge is 2.38. The summed E-state index contributed by atoms with van der Waals surface area (Å²) in [5, 5.41) is 7.56. The van der Waals surface area contributed by atoms with E-state index in [0.717, 1.165) is 12.1 Å². The van der Waals surface area contributed by atoms with Gasteiger partial charge in [-0.2, -0.15) is 5.10 Å². The maximum absolute atomic E-state index is 14.1. The standard InChI is InChI=1S/C19H23FN4O2.ClH/c1-23-11-13(8-22-23)15-9-21-10-16(15)19(25)24-6-7-26-18(12-24)14-4-2-3-5-17(14)20;/h2-5,8,11,15-16,18,21H,6-7,9-10,12H2,1H3;1H/t15-,16+,18?;/m1./s1. The Hall–Kier alpha value is -1.96. The van der Waals surface area contributed by atoms with Crippen LogP contribution in [-0.2, 0) is 16.6 Å². The number of aromatic nitrogens is 2. The zero-order valence-electron chi connectivity index (χ0n) is 15.2. The third-order valence-electron chi connectivity index (χ3n) is 5.31. The number of ether oxygens (including phenoxy) is 1. The Balaban J connectivity index is 0.00000210. The molecule has 1 amide bonds. The van der Waals surface area contributed by atoms with Gasteiger partial charge in [0, 0.05) is 44.4 Å². The van der Waals surface area contributed by atoms with E-state index in [1.807, 2.05) is 24.3 Å². The van der Waals surface area contributed by atoms with Crippen molar-refractivity contribution in [2.75, 3.05) is 32.8 Å². The average molecular weight is 395 g/mol. The minimum Gasteiger partial charge on any atom is -0.370 e. The third-order valence-corrected chi connectivity index (χ3v) is 5.31. The molecule has 3 atom stereocenters. The maximum atomic E-state index is 14.1. The minimum absolute atomic E-state index is 0. The number of hydrogen-bond donors (Lipinski definition) is 1. The van der Waals surface area contributed by atoms with E-state index in [0.29, 0.717) is 31.8 Å². The number of carbonyl (C=O) groups excluding carboxylic acids is 1. The van der Waals surface area contributed by atoms with Crippen LogP contribution in [0, 0.1) is 11.7 Å². The molecule has 2 aliphatic rings. The van der Waals surface area contributed by atoms with Gasteiger partial charge in [0.2, 0.25) is 5.91 Å². The van der Waals surface area contributed by atoms with Crippen molar-refractivity contribution in [1.29, 1.82) is 0 Å².